The van der Waals surface area contributed by atoms with Gasteiger partial charge in [-0.2, -0.15) is 0 Å². The van der Waals surface area contributed by atoms with E-state index in [1.165, 1.54) is 0 Å². The summed E-state index contributed by atoms with van der Waals surface area (Å²) in [6.45, 7) is 8.32. The zero-order valence-corrected chi connectivity index (χ0v) is 20.7. The van der Waals surface area contributed by atoms with E-state index in [4.69, 9.17) is 17.0 Å². The lowest BCUT2D eigenvalue weighted by atomic mass is 10.0. The summed E-state index contributed by atoms with van der Waals surface area (Å²) in [7, 11) is 0. The van der Waals surface area contributed by atoms with E-state index >= 15 is 0 Å². The third-order valence-electron chi connectivity index (χ3n) is 6.45. The summed E-state index contributed by atoms with van der Waals surface area (Å²) in [5.41, 5.74) is 0.817. The molecule has 34 heavy (non-hydrogen) atoms. The predicted octanol–water partition coefficient (Wildman–Crippen LogP) is 0.451. The molecule has 3 aliphatic rings. The van der Waals surface area contributed by atoms with Crippen molar-refractivity contribution >= 4 is 40.6 Å². The zero-order valence-electron chi connectivity index (χ0n) is 19.9. The number of ether oxygens (including phenoxy) is 1. The molecule has 2 amide bonds. The Balaban J connectivity index is 1.27. The van der Waals surface area contributed by atoms with Gasteiger partial charge in [0.05, 0.1) is 31.1 Å². The minimum Gasteiger partial charge on any atom is -0.378 e. The van der Waals surface area contributed by atoms with Crippen LogP contribution in [-0.2, 0) is 14.3 Å². The molecule has 186 valence electrons. The van der Waals surface area contributed by atoms with Crippen molar-refractivity contribution < 1.29 is 14.3 Å². The van der Waals surface area contributed by atoms with Crippen molar-refractivity contribution in [3.05, 3.63) is 18.3 Å². The molecular weight excluding hydrogens is 454 g/mol. The Bertz CT molecular complexity index is 876. The zero-order chi connectivity index (χ0) is 24.1. The van der Waals surface area contributed by atoms with Crippen LogP contribution < -0.4 is 26.2 Å². The second-order valence-corrected chi connectivity index (χ2v) is 9.82. The van der Waals surface area contributed by atoms with Crippen LogP contribution in [0.1, 0.15) is 33.1 Å². The Morgan fingerprint density at radius 2 is 2.12 bits per heavy atom. The molecule has 0 spiro atoms. The summed E-state index contributed by atoms with van der Waals surface area (Å²) in [6, 6.07) is 4.09. The summed E-state index contributed by atoms with van der Waals surface area (Å²) in [5.74, 6) is 1.03. The largest absolute Gasteiger partial charge is 0.378 e. The fourth-order valence-corrected chi connectivity index (χ4v) is 5.12. The van der Waals surface area contributed by atoms with E-state index in [2.05, 4.69) is 36.1 Å². The lowest BCUT2D eigenvalue weighted by Gasteiger charge is -2.37. The molecule has 1 aromatic rings. The van der Waals surface area contributed by atoms with E-state index < -0.39 is 0 Å². The topological polar surface area (TPSA) is 111 Å². The van der Waals surface area contributed by atoms with Gasteiger partial charge in [0.2, 0.25) is 11.8 Å². The maximum Gasteiger partial charge on any atom is 0.237 e. The Morgan fingerprint density at radius 3 is 2.82 bits per heavy atom. The standard InChI is InChI=1S/C23H35N7O3S/c1-15(2)26-21(31)6-4-18-13-25-22(32)19-11-17(14-30(18)19)28-23(34)27-16-3-5-20(24-12-16)29-7-9-33-10-8-29/h3,5,12,15,17-19H,4,6-11,13-14H2,1-2H3,(H,25,32)(H,26,31)(H2,27,28,34). The van der Waals surface area contributed by atoms with Crippen LogP contribution >= 0.6 is 12.2 Å². The number of hydrogen-bond acceptors (Lipinski definition) is 7. The molecule has 0 aliphatic carbocycles. The lowest BCUT2D eigenvalue weighted by Crippen LogP contribution is -2.58. The molecule has 0 radical (unpaired) electrons. The number of fused-ring (bicyclic) bond motifs is 1. The lowest BCUT2D eigenvalue weighted by molar-refractivity contribution is -0.129. The number of piperazine rings is 1. The number of morpholine rings is 1. The number of carbonyl (C=O) groups excluding carboxylic acids is 2. The second kappa shape index (κ2) is 11.3. The van der Waals surface area contributed by atoms with Crippen LogP contribution in [0.25, 0.3) is 0 Å². The van der Waals surface area contributed by atoms with Crippen molar-refractivity contribution in [3.8, 4) is 0 Å². The fourth-order valence-electron chi connectivity index (χ4n) is 4.83. The molecule has 0 bridgehead atoms. The van der Waals surface area contributed by atoms with Gasteiger partial charge in [0.25, 0.3) is 0 Å². The summed E-state index contributed by atoms with van der Waals surface area (Å²) < 4.78 is 5.39. The molecule has 3 fully saturated rings. The smallest absolute Gasteiger partial charge is 0.237 e. The maximum atomic E-state index is 12.5. The number of pyridine rings is 1. The average Bonchev–Trinajstić information content (AvgIpc) is 3.24. The quantitative estimate of drug-likeness (QED) is 0.406. The van der Waals surface area contributed by atoms with Gasteiger partial charge in [-0.1, -0.05) is 0 Å². The Kier molecular flexibility index (Phi) is 8.17. The van der Waals surface area contributed by atoms with E-state index in [1.54, 1.807) is 6.20 Å². The van der Waals surface area contributed by atoms with Crippen molar-refractivity contribution in [1.82, 2.24) is 25.8 Å². The van der Waals surface area contributed by atoms with Crippen LogP contribution in [0.5, 0.6) is 0 Å². The SMILES string of the molecule is CC(C)NC(=O)CCC1CNC(=O)C2CC(NC(=S)Nc3ccc(N4CCOCC4)nc3)CN12. The number of hydrogen-bond donors (Lipinski definition) is 4. The normalized spacial score (nSPS) is 25.0. The van der Waals surface area contributed by atoms with Crippen LogP contribution in [-0.4, -0.2) is 90.4 Å². The van der Waals surface area contributed by atoms with E-state index in [9.17, 15) is 9.59 Å². The van der Waals surface area contributed by atoms with Crippen molar-refractivity contribution in [2.75, 3.05) is 49.6 Å². The highest BCUT2D eigenvalue weighted by atomic mass is 32.1. The fraction of sp³-hybridized carbons (Fsp3) is 0.652. The molecule has 10 nitrogen and oxygen atoms in total. The van der Waals surface area contributed by atoms with Gasteiger partial charge in [-0.25, -0.2) is 4.98 Å². The first-order valence-electron chi connectivity index (χ1n) is 12.1. The first-order chi connectivity index (χ1) is 16.4. The number of rotatable bonds is 7. The molecular formula is C23H35N7O3S. The molecule has 4 heterocycles. The van der Waals surface area contributed by atoms with Crippen LogP contribution in [0, 0.1) is 0 Å². The third-order valence-corrected chi connectivity index (χ3v) is 6.67. The highest BCUT2D eigenvalue weighted by Gasteiger charge is 2.43. The highest BCUT2D eigenvalue weighted by molar-refractivity contribution is 7.80. The molecule has 3 atom stereocenters. The van der Waals surface area contributed by atoms with E-state index in [-0.39, 0.29) is 36.0 Å². The molecule has 3 saturated heterocycles. The Hall–Kier alpha value is -2.50. The number of amides is 2. The van der Waals surface area contributed by atoms with Gasteiger partial charge in [-0.3, -0.25) is 14.5 Å². The first kappa shape index (κ1) is 24.6. The molecule has 3 aliphatic heterocycles. The Morgan fingerprint density at radius 1 is 1.32 bits per heavy atom. The number of nitrogens with zero attached hydrogens (tertiary/aromatic N) is 3. The Labute approximate surface area is 206 Å². The van der Waals surface area contributed by atoms with E-state index in [0.29, 0.717) is 37.5 Å². The molecule has 0 saturated carbocycles. The minimum atomic E-state index is -0.193. The third kappa shape index (κ3) is 6.34. The van der Waals surface area contributed by atoms with Crippen molar-refractivity contribution in [1.29, 1.82) is 0 Å². The summed E-state index contributed by atoms with van der Waals surface area (Å²) in [5, 5.41) is 13.0. The van der Waals surface area contributed by atoms with Crippen LogP contribution in [0.3, 0.4) is 0 Å². The summed E-state index contributed by atoms with van der Waals surface area (Å²) in [4.78, 5) is 33.5. The van der Waals surface area contributed by atoms with Crippen molar-refractivity contribution in [2.24, 2.45) is 0 Å². The van der Waals surface area contributed by atoms with Crippen LogP contribution in [0.2, 0.25) is 0 Å². The first-order valence-corrected chi connectivity index (χ1v) is 12.5. The number of nitrogens with one attached hydrogen (secondary N) is 4. The van der Waals surface area contributed by atoms with Gasteiger partial charge in [-0.15, -0.1) is 0 Å². The molecule has 1 aromatic heterocycles. The van der Waals surface area contributed by atoms with Gasteiger partial charge in [0.1, 0.15) is 5.82 Å². The minimum absolute atomic E-state index is 0.0500. The van der Waals surface area contributed by atoms with Gasteiger partial charge < -0.3 is 30.9 Å². The van der Waals surface area contributed by atoms with Gasteiger partial charge in [0.15, 0.2) is 5.11 Å². The molecule has 3 unspecified atom stereocenters. The highest BCUT2D eigenvalue weighted by Crippen LogP contribution is 2.26. The average molecular weight is 490 g/mol. The van der Waals surface area contributed by atoms with Crippen LogP contribution in [0.4, 0.5) is 11.5 Å². The van der Waals surface area contributed by atoms with Gasteiger partial charge in [0, 0.05) is 50.7 Å². The van der Waals surface area contributed by atoms with E-state index in [1.807, 2.05) is 26.0 Å². The predicted molar refractivity (Wildman–Crippen MR) is 135 cm³/mol. The van der Waals surface area contributed by atoms with Crippen molar-refractivity contribution in [2.45, 2.75) is 57.3 Å². The van der Waals surface area contributed by atoms with E-state index in [0.717, 1.165) is 37.8 Å². The number of thiocarbonyl (C=S) groups is 1. The number of aromatic nitrogens is 1. The maximum absolute atomic E-state index is 12.5. The molecule has 11 heteroatoms. The van der Waals surface area contributed by atoms with Crippen molar-refractivity contribution in [3.63, 3.8) is 0 Å². The number of anilines is 2. The molecule has 4 N–H and O–H groups in total. The van der Waals surface area contributed by atoms with Gasteiger partial charge in [-0.05, 0) is 51.0 Å². The molecule has 0 aromatic carbocycles. The summed E-state index contributed by atoms with van der Waals surface area (Å²) >= 11 is 5.53. The summed E-state index contributed by atoms with van der Waals surface area (Å²) in [6.07, 6.45) is 3.62. The van der Waals surface area contributed by atoms with Crippen LogP contribution in [0.15, 0.2) is 18.3 Å². The monoisotopic (exact) mass is 489 g/mol. The second-order valence-electron chi connectivity index (χ2n) is 9.41. The molecule has 4 rings (SSSR count). The number of carbonyl (C=O) groups is 2. The van der Waals surface area contributed by atoms with Gasteiger partial charge >= 0.3 is 0 Å².